The van der Waals surface area contributed by atoms with Gasteiger partial charge in [-0.15, -0.1) is 0 Å². The van der Waals surface area contributed by atoms with Crippen LogP contribution < -0.4 is 14.9 Å². The maximum atomic E-state index is 12.9. The summed E-state index contributed by atoms with van der Waals surface area (Å²) in [5.41, 5.74) is 2.10. The van der Waals surface area contributed by atoms with Crippen LogP contribution in [0.1, 0.15) is 29.6 Å². The van der Waals surface area contributed by atoms with Crippen molar-refractivity contribution in [3.63, 3.8) is 0 Å². The first-order chi connectivity index (χ1) is 14.7. The first-order valence-electron chi connectivity index (χ1n) is 10.4. The van der Waals surface area contributed by atoms with Crippen LogP contribution >= 0.6 is 0 Å². The Morgan fingerprint density at radius 3 is 2.55 bits per heavy atom. The molecule has 0 bridgehead atoms. The van der Waals surface area contributed by atoms with Crippen molar-refractivity contribution in [1.82, 2.24) is 4.90 Å². The summed E-state index contributed by atoms with van der Waals surface area (Å²) >= 11 is 0. The number of carbonyl (C=O) groups is 2. The Labute approximate surface area is 177 Å². The van der Waals surface area contributed by atoms with Crippen molar-refractivity contribution >= 4 is 34.0 Å². The van der Waals surface area contributed by atoms with E-state index in [4.69, 9.17) is 0 Å². The number of nitrogens with zero attached hydrogens (tertiary/aromatic N) is 3. The molecule has 0 N–H and O–H groups in total. The third kappa shape index (κ3) is 4.46. The minimum absolute atomic E-state index is 0.0172. The topological polar surface area (TPSA) is 66.9 Å². The predicted octanol–water partition coefficient (Wildman–Crippen LogP) is 2.40. The van der Waals surface area contributed by atoms with Crippen LogP contribution in [0.15, 0.2) is 30.3 Å². The molecule has 0 aliphatic carbocycles. The molecule has 1 fully saturated rings. The average Bonchev–Trinajstić information content (AvgIpc) is 2.84. The van der Waals surface area contributed by atoms with E-state index in [9.17, 15) is 27.9 Å². The molecule has 0 radical (unpaired) electrons. The van der Waals surface area contributed by atoms with Gasteiger partial charge in [0.15, 0.2) is 0 Å². The third-order valence-corrected chi connectivity index (χ3v) is 5.89. The number of halogens is 3. The van der Waals surface area contributed by atoms with Crippen molar-refractivity contribution in [3.8, 4) is 0 Å². The molecular weight excluding hydrogens is 411 g/mol. The highest BCUT2D eigenvalue weighted by atomic mass is 19.4. The Balaban J connectivity index is 1.60. The van der Waals surface area contributed by atoms with Crippen molar-refractivity contribution in [2.24, 2.45) is 0 Å². The number of hydrogen-bond donors (Lipinski definition) is 0. The van der Waals surface area contributed by atoms with E-state index in [-0.39, 0.29) is 25.4 Å². The lowest BCUT2D eigenvalue weighted by Gasteiger charge is -2.26. The Bertz CT molecular complexity index is 1010. The SMILES string of the molecule is O=C([O-])CN1CCCN(c2ccc3c4c(cccc24)C(=O)N3CCCC(F)(F)F)CC1. The fraction of sp³-hybridized carbons (Fsp3) is 0.455. The number of rotatable bonds is 6. The summed E-state index contributed by atoms with van der Waals surface area (Å²) in [7, 11) is 0. The normalized spacial score (nSPS) is 17.5. The Morgan fingerprint density at radius 1 is 1.03 bits per heavy atom. The summed E-state index contributed by atoms with van der Waals surface area (Å²) in [6.45, 7) is 2.54. The zero-order valence-electron chi connectivity index (χ0n) is 17.0. The zero-order chi connectivity index (χ0) is 22.2. The molecule has 9 heteroatoms. The highest BCUT2D eigenvalue weighted by Gasteiger charge is 2.33. The number of carbonyl (C=O) groups excluding carboxylic acids is 2. The number of hydrogen-bond acceptors (Lipinski definition) is 5. The van der Waals surface area contributed by atoms with E-state index in [2.05, 4.69) is 4.90 Å². The van der Waals surface area contributed by atoms with Gasteiger partial charge in [-0.1, -0.05) is 12.1 Å². The first-order valence-corrected chi connectivity index (χ1v) is 10.4. The van der Waals surface area contributed by atoms with Gasteiger partial charge >= 0.3 is 6.18 Å². The van der Waals surface area contributed by atoms with E-state index in [1.54, 1.807) is 12.1 Å². The number of alkyl halides is 3. The van der Waals surface area contributed by atoms with Gasteiger partial charge in [0.2, 0.25) is 0 Å². The molecule has 31 heavy (non-hydrogen) atoms. The second-order valence-corrected chi connectivity index (χ2v) is 8.00. The van der Waals surface area contributed by atoms with Crippen LogP contribution in [0.2, 0.25) is 0 Å². The first kappa shape index (κ1) is 21.4. The Hall–Kier alpha value is -2.81. The second kappa shape index (κ2) is 8.37. The van der Waals surface area contributed by atoms with Gasteiger partial charge < -0.3 is 19.7 Å². The van der Waals surface area contributed by atoms with E-state index in [1.165, 1.54) is 4.90 Å². The molecule has 0 spiro atoms. The Morgan fingerprint density at radius 2 is 1.81 bits per heavy atom. The molecule has 0 saturated carbocycles. The summed E-state index contributed by atoms with van der Waals surface area (Å²) in [6.07, 6.45) is -4.53. The van der Waals surface area contributed by atoms with Crippen molar-refractivity contribution in [2.75, 3.05) is 49.1 Å². The van der Waals surface area contributed by atoms with Gasteiger partial charge in [-0.25, -0.2) is 0 Å². The zero-order valence-corrected chi connectivity index (χ0v) is 17.0. The van der Waals surface area contributed by atoms with Gasteiger partial charge in [0, 0.05) is 67.7 Å². The highest BCUT2D eigenvalue weighted by molar-refractivity contribution is 6.26. The summed E-state index contributed by atoms with van der Waals surface area (Å²) in [4.78, 5) is 29.3. The van der Waals surface area contributed by atoms with Gasteiger partial charge in [0.25, 0.3) is 5.91 Å². The quantitative estimate of drug-likeness (QED) is 0.699. The molecule has 4 rings (SSSR count). The monoisotopic (exact) mass is 434 g/mol. The van der Waals surface area contributed by atoms with Crippen molar-refractivity contribution in [2.45, 2.75) is 25.4 Å². The summed E-state index contributed by atoms with van der Waals surface area (Å²) in [5, 5.41) is 12.6. The molecule has 2 aliphatic heterocycles. The smallest absolute Gasteiger partial charge is 0.389 e. The van der Waals surface area contributed by atoms with Gasteiger partial charge in [0.05, 0.1) is 11.7 Å². The molecule has 2 heterocycles. The average molecular weight is 434 g/mol. The third-order valence-electron chi connectivity index (χ3n) is 5.89. The van der Waals surface area contributed by atoms with E-state index >= 15 is 0 Å². The van der Waals surface area contributed by atoms with E-state index < -0.39 is 18.6 Å². The van der Waals surface area contributed by atoms with Crippen molar-refractivity contribution in [1.29, 1.82) is 0 Å². The molecule has 1 saturated heterocycles. The largest absolute Gasteiger partial charge is 0.549 e. The lowest BCUT2D eigenvalue weighted by atomic mass is 10.0. The van der Waals surface area contributed by atoms with Crippen LogP contribution in [-0.4, -0.2) is 62.2 Å². The van der Waals surface area contributed by atoms with Gasteiger partial charge in [-0.3, -0.25) is 9.69 Å². The molecule has 166 valence electrons. The number of benzene rings is 2. The standard InChI is InChI=1S/C22H24F3N3O3/c23-22(24,25)8-2-11-28-18-7-6-17(15-4-1-5-16(20(15)18)21(28)31)27-10-3-9-26(12-13-27)14-19(29)30/h1,4-7H,2-3,8-14H2,(H,29,30)/p-1. The van der Waals surface area contributed by atoms with Crippen LogP contribution in [0.25, 0.3) is 10.8 Å². The lowest BCUT2D eigenvalue weighted by molar-refractivity contribution is -0.306. The van der Waals surface area contributed by atoms with Crippen LogP contribution in [-0.2, 0) is 4.79 Å². The highest BCUT2D eigenvalue weighted by Crippen LogP contribution is 2.42. The van der Waals surface area contributed by atoms with Crippen LogP contribution in [0, 0.1) is 0 Å². The fourth-order valence-electron chi connectivity index (χ4n) is 4.52. The number of carboxylic acids is 1. The molecule has 2 aliphatic rings. The summed E-state index contributed by atoms with van der Waals surface area (Å²) in [5.74, 6) is -1.36. The van der Waals surface area contributed by atoms with Crippen LogP contribution in [0.5, 0.6) is 0 Å². The van der Waals surface area contributed by atoms with E-state index in [1.807, 2.05) is 23.1 Å². The maximum absolute atomic E-state index is 12.9. The lowest BCUT2D eigenvalue weighted by Crippen LogP contribution is -2.40. The minimum atomic E-state index is -4.24. The molecular formula is C22H23F3N3O3-. The Kier molecular flexibility index (Phi) is 5.79. The molecule has 0 unspecified atom stereocenters. The minimum Gasteiger partial charge on any atom is -0.549 e. The maximum Gasteiger partial charge on any atom is 0.389 e. The summed E-state index contributed by atoms with van der Waals surface area (Å²) < 4.78 is 37.7. The van der Waals surface area contributed by atoms with Crippen molar-refractivity contribution in [3.05, 3.63) is 35.9 Å². The number of amides is 1. The number of anilines is 2. The van der Waals surface area contributed by atoms with E-state index in [0.29, 0.717) is 30.9 Å². The predicted molar refractivity (Wildman–Crippen MR) is 109 cm³/mol. The molecule has 2 aromatic carbocycles. The van der Waals surface area contributed by atoms with E-state index in [0.717, 1.165) is 29.4 Å². The van der Waals surface area contributed by atoms with Crippen LogP contribution in [0.3, 0.4) is 0 Å². The molecule has 0 aromatic heterocycles. The molecule has 6 nitrogen and oxygen atoms in total. The van der Waals surface area contributed by atoms with Gasteiger partial charge in [-0.2, -0.15) is 13.2 Å². The van der Waals surface area contributed by atoms with Gasteiger partial charge in [-0.05, 0) is 31.0 Å². The molecule has 1 amide bonds. The number of aliphatic carboxylic acids is 1. The van der Waals surface area contributed by atoms with Gasteiger partial charge in [0.1, 0.15) is 0 Å². The summed E-state index contributed by atoms with van der Waals surface area (Å²) in [6, 6.07) is 9.15. The van der Waals surface area contributed by atoms with Crippen molar-refractivity contribution < 1.29 is 27.9 Å². The number of carboxylic acid groups (broad SMARTS) is 1. The van der Waals surface area contributed by atoms with Crippen LogP contribution in [0.4, 0.5) is 24.5 Å². The molecule has 0 atom stereocenters. The molecule has 2 aromatic rings. The second-order valence-electron chi connectivity index (χ2n) is 8.00. The fourth-order valence-corrected chi connectivity index (χ4v) is 4.52.